The number of aromatic amines is 1. The molecule has 22 heavy (non-hydrogen) atoms. The van der Waals surface area contributed by atoms with Crippen molar-refractivity contribution in [3.8, 4) is 0 Å². The van der Waals surface area contributed by atoms with Crippen molar-refractivity contribution in [2.45, 2.75) is 13.0 Å². The van der Waals surface area contributed by atoms with Crippen molar-refractivity contribution in [2.24, 2.45) is 0 Å². The van der Waals surface area contributed by atoms with Gasteiger partial charge in [0.15, 0.2) is 0 Å². The molecule has 1 atom stereocenters. The first-order valence-corrected chi connectivity index (χ1v) is 7.13. The van der Waals surface area contributed by atoms with E-state index in [-0.39, 0.29) is 23.1 Å². The van der Waals surface area contributed by atoms with Gasteiger partial charge >= 0.3 is 0 Å². The number of aromatic nitrogens is 1. The number of rotatable bonds is 3. The summed E-state index contributed by atoms with van der Waals surface area (Å²) in [4.78, 5) is 26.4. The number of carbonyl (C=O) groups excluding carboxylic acids is 1. The number of fused-ring (bicyclic) bond motifs is 1. The van der Waals surface area contributed by atoms with Crippen molar-refractivity contribution in [3.05, 3.63) is 82.3 Å². The summed E-state index contributed by atoms with van der Waals surface area (Å²) in [5.74, 6) is -0.373. The van der Waals surface area contributed by atoms with Gasteiger partial charge in [-0.1, -0.05) is 42.5 Å². The third kappa shape index (κ3) is 2.63. The molecular weight excluding hydrogens is 276 g/mol. The first kappa shape index (κ1) is 14.1. The lowest BCUT2D eigenvalue weighted by atomic mass is 9.99. The third-order valence-corrected chi connectivity index (χ3v) is 3.70. The minimum atomic E-state index is -0.384. The molecule has 0 saturated heterocycles. The lowest BCUT2D eigenvalue weighted by Crippen LogP contribution is -2.31. The van der Waals surface area contributed by atoms with Gasteiger partial charge in [0.05, 0.1) is 6.04 Å². The number of carbonyl (C=O) groups is 1. The summed E-state index contributed by atoms with van der Waals surface area (Å²) in [5.41, 5.74) is 0.763. The summed E-state index contributed by atoms with van der Waals surface area (Å²) >= 11 is 0. The van der Waals surface area contributed by atoms with Crippen LogP contribution in [0.3, 0.4) is 0 Å². The van der Waals surface area contributed by atoms with Crippen LogP contribution in [0, 0.1) is 0 Å². The van der Waals surface area contributed by atoms with Gasteiger partial charge in [0.1, 0.15) is 5.56 Å². The highest BCUT2D eigenvalue weighted by atomic mass is 16.2. The maximum atomic E-state index is 12.3. The van der Waals surface area contributed by atoms with Crippen LogP contribution < -0.4 is 10.9 Å². The van der Waals surface area contributed by atoms with E-state index in [1.165, 1.54) is 12.3 Å². The Morgan fingerprint density at radius 3 is 2.64 bits per heavy atom. The normalized spacial score (nSPS) is 12.0. The average molecular weight is 292 g/mol. The Morgan fingerprint density at radius 2 is 1.82 bits per heavy atom. The molecule has 1 amide bonds. The number of pyridine rings is 1. The topological polar surface area (TPSA) is 62.0 Å². The van der Waals surface area contributed by atoms with Gasteiger partial charge < -0.3 is 10.3 Å². The van der Waals surface area contributed by atoms with E-state index in [9.17, 15) is 9.59 Å². The maximum absolute atomic E-state index is 12.3. The van der Waals surface area contributed by atoms with E-state index in [4.69, 9.17) is 0 Å². The van der Waals surface area contributed by atoms with Crippen LogP contribution in [0.15, 0.2) is 65.6 Å². The second-order valence-corrected chi connectivity index (χ2v) is 5.18. The Balaban J connectivity index is 1.91. The van der Waals surface area contributed by atoms with E-state index in [2.05, 4.69) is 10.3 Å². The van der Waals surface area contributed by atoms with Gasteiger partial charge in [0.2, 0.25) is 0 Å². The highest BCUT2D eigenvalue weighted by Gasteiger charge is 2.15. The fraction of sp³-hybridized carbons (Fsp3) is 0.111. The molecule has 3 aromatic rings. The minimum absolute atomic E-state index is 0.120. The monoisotopic (exact) mass is 292 g/mol. The number of benzene rings is 2. The van der Waals surface area contributed by atoms with Crippen molar-refractivity contribution >= 4 is 16.7 Å². The molecule has 110 valence electrons. The van der Waals surface area contributed by atoms with Gasteiger partial charge in [0, 0.05) is 6.20 Å². The van der Waals surface area contributed by atoms with Crippen molar-refractivity contribution in [1.29, 1.82) is 0 Å². The van der Waals surface area contributed by atoms with Crippen LogP contribution >= 0.6 is 0 Å². The SMILES string of the molecule is C[C@@H](NC(=O)c1ccc[nH]c1=O)c1cccc2ccccc12. The molecule has 0 aliphatic carbocycles. The predicted octanol–water partition coefficient (Wildman–Crippen LogP) is 3.02. The van der Waals surface area contributed by atoms with Gasteiger partial charge in [-0.25, -0.2) is 0 Å². The van der Waals surface area contributed by atoms with E-state index in [0.29, 0.717) is 0 Å². The Labute approximate surface area is 127 Å². The van der Waals surface area contributed by atoms with Crippen LogP contribution in [0.25, 0.3) is 10.8 Å². The minimum Gasteiger partial charge on any atom is -0.345 e. The zero-order valence-corrected chi connectivity index (χ0v) is 12.2. The highest BCUT2D eigenvalue weighted by molar-refractivity contribution is 5.94. The lowest BCUT2D eigenvalue weighted by Gasteiger charge is -2.16. The van der Waals surface area contributed by atoms with E-state index >= 15 is 0 Å². The van der Waals surface area contributed by atoms with E-state index in [0.717, 1.165) is 16.3 Å². The second kappa shape index (κ2) is 5.85. The molecule has 0 radical (unpaired) electrons. The third-order valence-electron chi connectivity index (χ3n) is 3.70. The maximum Gasteiger partial charge on any atom is 0.260 e. The van der Waals surface area contributed by atoms with E-state index in [1.54, 1.807) is 6.07 Å². The van der Waals surface area contributed by atoms with Crippen LogP contribution in [0.5, 0.6) is 0 Å². The Morgan fingerprint density at radius 1 is 1.05 bits per heavy atom. The second-order valence-electron chi connectivity index (χ2n) is 5.18. The predicted molar refractivity (Wildman–Crippen MR) is 86.9 cm³/mol. The average Bonchev–Trinajstić information content (AvgIpc) is 2.54. The summed E-state index contributed by atoms with van der Waals surface area (Å²) in [6.07, 6.45) is 1.51. The number of amides is 1. The Hall–Kier alpha value is -2.88. The molecule has 0 fully saturated rings. The van der Waals surface area contributed by atoms with E-state index in [1.807, 2.05) is 49.4 Å². The highest BCUT2D eigenvalue weighted by Crippen LogP contribution is 2.24. The lowest BCUT2D eigenvalue weighted by molar-refractivity contribution is 0.0938. The van der Waals surface area contributed by atoms with Gasteiger partial charge in [-0.2, -0.15) is 0 Å². The zero-order valence-electron chi connectivity index (χ0n) is 12.2. The molecule has 1 aromatic heterocycles. The Kier molecular flexibility index (Phi) is 3.74. The molecule has 2 aromatic carbocycles. The van der Waals surface area contributed by atoms with Crippen molar-refractivity contribution in [1.82, 2.24) is 10.3 Å². The zero-order chi connectivity index (χ0) is 15.5. The number of hydrogen-bond donors (Lipinski definition) is 2. The standard InChI is InChI=1S/C18H16N2O2/c1-12(20-18(22)16-10-5-11-19-17(16)21)14-9-4-7-13-6-2-3-8-15(13)14/h2-12H,1H3,(H,19,21)(H,20,22)/t12-/m1/s1. The smallest absolute Gasteiger partial charge is 0.260 e. The first-order chi connectivity index (χ1) is 10.7. The summed E-state index contributed by atoms with van der Waals surface area (Å²) in [7, 11) is 0. The molecule has 1 heterocycles. The summed E-state index contributed by atoms with van der Waals surface area (Å²) in [5, 5.41) is 5.11. The summed E-state index contributed by atoms with van der Waals surface area (Å²) < 4.78 is 0. The number of nitrogens with one attached hydrogen (secondary N) is 2. The van der Waals surface area contributed by atoms with Gasteiger partial charge in [-0.3, -0.25) is 9.59 Å². The quantitative estimate of drug-likeness (QED) is 0.779. The van der Waals surface area contributed by atoms with Gasteiger partial charge in [-0.05, 0) is 35.4 Å². The van der Waals surface area contributed by atoms with Crippen LogP contribution in [0.4, 0.5) is 0 Å². The molecule has 0 bridgehead atoms. The van der Waals surface area contributed by atoms with Gasteiger partial charge in [0.25, 0.3) is 11.5 Å². The molecule has 0 saturated carbocycles. The summed E-state index contributed by atoms with van der Waals surface area (Å²) in [6.45, 7) is 1.91. The molecule has 3 rings (SSSR count). The van der Waals surface area contributed by atoms with Crippen LogP contribution in [-0.2, 0) is 0 Å². The molecule has 2 N–H and O–H groups in total. The van der Waals surface area contributed by atoms with Crippen LogP contribution in [-0.4, -0.2) is 10.9 Å². The van der Waals surface area contributed by atoms with Crippen molar-refractivity contribution in [2.75, 3.05) is 0 Å². The van der Waals surface area contributed by atoms with E-state index < -0.39 is 0 Å². The molecule has 0 aliphatic heterocycles. The fourth-order valence-electron chi connectivity index (χ4n) is 2.58. The molecule has 4 heteroatoms. The van der Waals surface area contributed by atoms with Crippen LogP contribution in [0.2, 0.25) is 0 Å². The van der Waals surface area contributed by atoms with Gasteiger partial charge in [-0.15, -0.1) is 0 Å². The first-order valence-electron chi connectivity index (χ1n) is 7.13. The van der Waals surface area contributed by atoms with Crippen molar-refractivity contribution < 1.29 is 4.79 Å². The largest absolute Gasteiger partial charge is 0.345 e. The Bertz CT molecular complexity index is 878. The number of H-pyrrole nitrogens is 1. The van der Waals surface area contributed by atoms with Crippen LogP contribution in [0.1, 0.15) is 28.9 Å². The summed E-state index contributed by atoms with van der Waals surface area (Å²) in [6, 6.07) is 17.0. The van der Waals surface area contributed by atoms with Crippen molar-refractivity contribution in [3.63, 3.8) is 0 Å². The molecule has 0 unspecified atom stereocenters. The fourth-order valence-corrected chi connectivity index (χ4v) is 2.58. The molecule has 0 spiro atoms. The molecule has 4 nitrogen and oxygen atoms in total. The molecular formula is C18H16N2O2. The number of hydrogen-bond acceptors (Lipinski definition) is 2. The molecule has 0 aliphatic rings.